The molecule has 146 valence electrons. The average Bonchev–Trinajstić information content (AvgIpc) is 2.90. The normalized spacial score (nSPS) is 12.9. The summed E-state index contributed by atoms with van der Waals surface area (Å²) in [5.41, 5.74) is 0.867. The summed E-state index contributed by atoms with van der Waals surface area (Å²) in [6, 6.07) is 14.2. The maximum atomic E-state index is 12.2. The highest BCUT2D eigenvalue weighted by molar-refractivity contribution is 7.99. The molecule has 2 N–H and O–H groups in total. The fourth-order valence-electron chi connectivity index (χ4n) is 2.49. The van der Waals surface area contributed by atoms with Gasteiger partial charge in [-0.05, 0) is 30.3 Å². The van der Waals surface area contributed by atoms with Crippen LogP contribution in [0.1, 0.15) is 16.8 Å². The van der Waals surface area contributed by atoms with Gasteiger partial charge >= 0.3 is 5.97 Å². The number of hydrogen-bond donors (Lipinski definition) is 2. The minimum absolute atomic E-state index is 0.0890. The van der Waals surface area contributed by atoms with E-state index < -0.39 is 11.9 Å². The number of fused-ring (bicyclic) bond motifs is 1. The van der Waals surface area contributed by atoms with Crippen LogP contribution in [0.5, 0.6) is 5.75 Å². The minimum atomic E-state index is -0.623. The zero-order valence-electron chi connectivity index (χ0n) is 15.1. The summed E-state index contributed by atoms with van der Waals surface area (Å²) in [5, 5.41) is 5.39. The van der Waals surface area contributed by atoms with Crippen molar-refractivity contribution in [3.8, 4) is 5.75 Å². The summed E-state index contributed by atoms with van der Waals surface area (Å²) in [7, 11) is 0. The van der Waals surface area contributed by atoms with Crippen LogP contribution in [-0.2, 0) is 14.3 Å². The molecule has 0 radical (unpaired) electrons. The third kappa shape index (κ3) is 5.75. The highest BCUT2D eigenvalue weighted by Gasteiger charge is 2.17. The lowest BCUT2D eigenvalue weighted by Gasteiger charge is -2.10. The van der Waals surface area contributed by atoms with Crippen molar-refractivity contribution >= 4 is 35.2 Å². The lowest BCUT2D eigenvalue weighted by atomic mass is 10.2. The van der Waals surface area contributed by atoms with E-state index in [4.69, 9.17) is 9.47 Å². The second-order valence-electron chi connectivity index (χ2n) is 5.95. The second-order valence-corrected chi connectivity index (χ2v) is 7.08. The lowest BCUT2D eigenvalue weighted by molar-refractivity contribution is -0.124. The Morgan fingerprint density at radius 2 is 1.96 bits per heavy atom. The minimum Gasteiger partial charge on any atom is -0.492 e. The van der Waals surface area contributed by atoms with Gasteiger partial charge in [-0.1, -0.05) is 18.2 Å². The number of nitrogens with one attached hydrogen (secondary N) is 2. The number of rotatable bonds is 7. The molecule has 0 unspecified atom stereocenters. The molecule has 7 nitrogen and oxygen atoms in total. The van der Waals surface area contributed by atoms with Gasteiger partial charge in [0.1, 0.15) is 12.4 Å². The van der Waals surface area contributed by atoms with Crippen molar-refractivity contribution in [1.82, 2.24) is 5.32 Å². The molecule has 3 rings (SSSR count). The van der Waals surface area contributed by atoms with Crippen LogP contribution in [0.25, 0.3) is 0 Å². The molecule has 0 bridgehead atoms. The predicted molar refractivity (Wildman–Crippen MR) is 106 cm³/mol. The highest BCUT2D eigenvalue weighted by atomic mass is 32.2. The Hall–Kier alpha value is -3.00. The van der Waals surface area contributed by atoms with Crippen molar-refractivity contribution in [2.45, 2.75) is 11.3 Å². The smallest absolute Gasteiger partial charge is 0.338 e. The van der Waals surface area contributed by atoms with E-state index in [1.807, 2.05) is 30.3 Å². The molecule has 2 aromatic carbocycles. The number of hydrogen-bond acceptors (Lipinski definition) is 6. The molecule has 0 saturated carbocycles. The van der Waals surface area contributed by atoms with Crippen LogP contribution in [0.15, 0.2) is 53.4 Å². The van der Waals surface area contributed by atoms with Crippen LogP contribution in [-0.4, -0.2) is 43.3 Å². The van der Waals surface area contributed by atoms with E-state index in [1.165, 1.54) is 0 Å². The van der Waals surface area contributed by atoms with Crippen LogP contribution in [0, 0.1) is 0 Å². The van der Waals surface area contributed by atoms with Gasteiger partial charge in [0, 0.05) is 17.1 Å². The first-order valence-corrected chi connectivity index (χ1v) is 9.79. The van der Waals surface area contributed by atoms with Crippen LogP contribution in [0.4, 0.5) is 5.69 Å². The first-order chi connectivity index (χ1) is 13.6. The van der Waals surface area contributed by atoms with Gasteiger partial charge < -0.3 is 20.1 Å². The summed E-state index contributed by atoms with van der Waals surface area (Å²) in [5.74, 6) is 0.285. The van der Waals surface area contributed by atoms with E-state index in [-0.39, 0.29) is 18.1 Å². The number of thioether (sulfide) groups is 1. The Labute approximate surface area is 166 Å². The largest absolute Gasteiger partial charge is 0.492 e. The maximum Gasteiger partial charge on any atom is 0.338 e. The zero-order chi connectivity index (χ0) is 19.8. The van der Waals surface area contributed by atoms with E-state index >= 15 is 0 Å². The van der Waals surface area contributed by atoms with E-state index in [2.05, 4.69) is 10.6 Å². The van der Waals surface area contributed by atoms with Gasteiger partial charge in [-0.3, -0.25) is 9.59 Å². The van der Waals surface area contributed by atoms with Crippen molar-refractivity contribution in [1.29, 1.82) is 0 Å². The van der Waals surface area contributed by atoms with Crippen LogP contribution in [0.3, 0.4) is 0 Å². The molecule has 1 aliphatic rings. The van der Waals surface area contributed by atoms with Crippen LogP contribution >= 0.6 is 11.8 Å². The van der Waals surface area contributed by atoms with Crippen LogP contribution < -0.4 is 15.4 Å². The number of para-hydroxylation sites is 1. The molecule has 8 heteroatoms. The fourth-order valence-corrected chi connectivity index (χ4v) is 3.43. The molecule has 0 fully saturated rings. The Morgan fingerprint density at radius 1 is 1.14 bits per heavy atom. The van der Waals surface area contributed by atoms with Gasteiger partial charge in [0.2, 0.25) is 5.91 Å². The first-order valence-electron chi connectivity index (χ1n) is 8.80. The number of carbonyl (C=O) groups is 3. The number of amides is 2. The van der Waals surface area contributed by atoms with E-state index in [0.29, 0.717) is 31.0 Å². The molecule has 0 aliphatic carbocycles. The summed E-state index contributed by atoms with van der Waals surface area (Å²) in [6.45, 7) is 0.224. The second kappa shape index (κ2) is 9.80. The molecular weight excluding hydrogens is 380 g/mol. The van der Waals surface area contributed by atoms with Gasteiger partial charge in [-0.15, -0.1) is 11.8 Å². The lowest BCUT2D eigenvalue weighted by Crippen LogP contribution is -2.32. The van der Waals surface area contributed by atoms with Gasteiger partial charge in [0.25, 0.3) is 5.91 Å². The van der Waals surface area contributed by atoms with E-state index in [1.54, 1.807) is 30.0 Å². The molecule has 28 heavy (non-hydrogen) atoms. The van der Waals surface area contributed by atoms with Crippen molar-refractivity contribution in [2.75, 3.05) is 30.8 Å². The average molecular weight is 400 g/mol. The first kappa shape index (κ1) is 19.8. The third-order valence-electron chi connectivity index (χ3n) is 3.85. The Bertz CT molecular complexity index is 857. The van der Waals surface area contributed by atoms with Gasteiger partial charge in [0.15, 0.2) is 6.61 Å². The number of esters is 1. The molecule has 1 heterocycles. The molecular formula is C20H20N2O5S. The van der Waals surface area contributed by atoms with E-state index in [0.717, 1.165) is 10.6 Å². The van der Waals surface area contributed by atoms with Gasteiger partial charge in [0.05, 0.1) is 17.8 Å². The van der Waals surface area contributed by atoms with Gasteiger partial charge in [-0.25, -0.2) is 4.79 Å². The quantitative estimate of drug-likeness (QED) is 0.548. The standard InChI is InChI=1S/C20H20N2O5S/c23-18-8-11-28-17-7-6-14(12-16(17)22-18)20(25)27-13-19(24)21-9-10-26-15-4-2-1-3-5-15/h1-7,12H,8-11,13H2,(H,21,24)(H,22,23). The molecule has 2 amide bonds. The highest BCUT2D eigenvalue weighted by Crippen LogP contribution is 2.31. The summed E-state index contributed by atoms with van der Waals surface area (Å²) in [6.07, 6.45) is 0.424. The number of carbonyl (C=O) groups excluding carboxylic acids is 3. The Morgan fingerprint density at radius 3 is 2.79 bits per heavy atom. The van der Waals surface area contributed by atoms with Crippen molar-refractivity contribution in [3.63, 3.8) is 0 Å². The van der Waals surface area contributed by atoms with Gasteiger partial charge in [-0.2, -0.15) is 0 Å². The van der Waals surface area contributed by atoms with Crippen LogP contribution in [0.2, 0.25) is 0 Å². The number of anilines is 1. The van der Waals surface area contributed by atoms with Crippen molar-refractivity contribution < 1.29 is 23.9 Å². The summed E-state index contributed by atoms with van der Waals surface area (Å²) in [4.78, 5) is 36.5. The maximum absolute atomic E-state index is 12.2. The fraction of sp³-hybridized carbons (Fsp3) is 0.250. The number of benzene rings is 2. The molecule has 2 aromatic rings. The molecule has 0 aromatic heterocycles. The van der Waals surface area contributed by atoms with E-state index in [9.17, 15) is 14.4 Å². The van der Waals surface area contributed by atoms with Crippen molar-refractivity contribution in [3.05, 3.63) is 54.1 Å². The molecule has 1 aliphatic heterocycles. The Balaban J connectivity index is 1.42. The topological polar surface area (TPSA) is 93.7 Å². The summed E-state index contributed by atoms with van der Waals surface area (Å²) < 4.78 is 10.5. The zero-order valence-corrected chi connectivity index (χ0v) is 15.9. The third-order valence-corrected chi connectivity index (χ3v) is 4.92. The molecule has 0 atom stereocenters. The molecule has 0 spiro atoms. The molecule has 0 saturated heterocycles. The van der Waals surface area contributed by atoms with Crippen molar-refractivity contribution in [2.24, 2.45) is 0 Å². The Kier molecular flexibility index (Phi) is 6.91. The predicted octanol–water partition coefficient (Wildman–Crippen LogP) is 2.47. The summed E-state index contributed by atoms with van der Waals surface area (Å²) >= 11 is 1.55. The number of ether oxygens (including phenoxy) is 2. The SMILES string of the molecule is O=C(COC(=O)c1ccc2c(c1)NC(=O)CCS2)NCCOc1ccccc1. The monoisotopic (exact) mass is 400 g/mol.